The monoisotopic (exact) mass is 336 g/mol. The number of nitrogens with two attached hydrogens (primary N) is 1. The van der Waals surface area contributed by atoms with Gasteiger partial charge in [0.25, 0.3) is 0 Å². The van der Waals surface area contributed by atoms with Crippen molar-refractivity contribution in [1.82, 2.24) is 4.98 Å². The van der Waals surface area contributed by atoms with Crippen LogP contribution < -0.4 is 16.0 Å². The number of rotatable bonds is 3. The number of aromatic nitrogens is 1. The SMILES string of the molecule is CN(C)c1cc(NC(=O)C2(N)CCOCC2)ccn1.Cl.Cl. The van der Waals surface area contributed by atoms with Gasteiger partial charge in [0, 0.05) is 45.3 Å². The van der Waals surface area contributed by atoms with Crippen molar-refractivity contribution < 1.29 is 9.53 Å². The molecule has 1 saturated heterocycles. The van der Waals surface area contributed by atoms with E-state index in [4.69, 9.17) is 10.5 Å². The molecule has 0 unspecified atom stereocenters. The van der Waals surface area contributed by atoms with Gasteiger partial charge in [0.15, 0.2) is 0 Å². The largest absolute Gasteiger partial charge is 0.381 e. The van der Waals surface area contributed by atoms with E-state index in [0.717, 1.165) is 5.82 Å². The zero-order valence-corrected chi connectivity index (χ0v) is 13.8. The van der Waals surface area contributed by atoms with Gasteiger partial charge < -0.3 is 20.7 Å². The molecule has 1 aliphatic heterocycles. The minimum Gasteiger partial charge on any atom is -0.381 e. The lowest BCUT2D eigenvalue weighted by Crippen LogP contribution is -2.54. The zero-order valence-electron chi connectivity index (χ0n) is 12.2. The molecular weight excluding hydrogens is 315 g/mol. The van der Waals surface area contributed by atoms with E-state index >= 15 is 0 Å². The number of halogens is 2. The van der Waals surface area contributed by atoms with E-state index in [1.807, 2.05) is 25.1 Å². The molecule has 0 radical (unpaired) electrons. The van der Waals surface area contributed by atoms with Crippen LogP contribution in [0.25, 0.3) is 0 Å². The van der Waals surface area contributed by atoms with Crippen LogP contribution in [0, 0.1) is 0 Å². The molecular formula is C13H22Cl2N4O2. The molecule has 0 saturated carbocycles. The van der Waals surface area contributed by atoms with Crippen LogP contribution in [0.3, 0.4) is 0 Å². The molecule has 21 heavy (non-hydrogen) atoms. The fraction of sp³-hybridized carbons (Fsp3) is 0.538. The van der Waals surface area contributed by atoms with Crippen LogP contribution in [0.4, 0.5) is 11.5 Å². The van der Waals surface area contributed by atoms with Gasteiger partial charge in [-0.2, -0.15) is 0 Å². The third-order valence-electron chi connectivity index (χ3n) is 3.30. The maximum absolute atomic E-state index is 12.2. The first-order valence-corrected chi connectivity index (χ1v) is 6.33. The highest BCUT2D eigenvalue weighted by Gasteiger charge is 2.35. The Morgan fingerprint density at radius 2 is 2.00 bits per heavy atom. The van der Waals surface area contributed by atoms with Crippen LogP contribution in [0.1, 0.15) is 12.8 Å². The van der Waals surface area contributed by atoms with Gasteiger partial charge in [0.2, 0.25) is 5.91 Å². The Bertz CT molecular complexity index is 465. The molecule has 120 valence electrons. The molecule has 0 atom stereocenters. The molecule has 2 heterocycles. The fourth-order valence-corrected chi connectivity index (χ4v) is 1.96. The van der Waals surface area contributed by atoms with E-state index < -0.39 is 5.54 Å². The lowest BCUT2D eigenvalue weighted by atomic mass is 9.90. The summed E-state index contributed by atoms with van der Waals surface area (Å²) < 4.78 is 5.24. The summed E-state index contributed by atoms with van der Waals surface area (Å²) in [6.45, 7) is 1.06. The summed E-state index contributed by atoms with van der Waals surface area (Å²) >= 11 is 0. The standard InChI is InChI=1S/C13H20N4O2.2ClH/c1-17(2)11-9-10(3-6-15-11)16-12(18)13(14)4-7-19-8-5-13;;/h3,6,9H,4-5,7-8,14H2,1-2H3,(H,15,16,18);2*1H. The Labute approximate surface area is 137 Å². The highest BCUT2D eigenvalue weighted by Crippen LogP contribution is 2.21. The average Bonchev–Trinajstić information content (AvgIpc) is 2.40. The Morgan fingerprint density at radius 3 is 2.57 bits per heavy atom. The molecule has 0 spiro atoms. The molecule has 0 aromatic carbocycles. The van der Waals surface area contributed by atoms with E-state index in [-0.39, 0.29) is 30.7 Å². The third kappa shape index (κ3) is 5.00. The van der Waals surface area contributed by atoms with Gasteiger partial charge in [-0.05, 0) is 18.9 Å². The first-order valence-electron chi connectivity index (χ1n) is 6.33. The minimum atomic E-state index is -0.834. The number of carbonyl (C=O) groups excluding carboxylic acids is 1. The van der Waals surface area contributed by atoms with Crippen molar-refractivity contribution >= 4 is 42.2 Å². The van der Waals surface area contributed by atoms with Crippen LogP contribution in [0.5, 0.6) is 0 Å². The molecule has 1 aromatic heterocycles. The molecule has 6 nitrogen and oxygen atoms in total. The van der Waals surface area contributed by atoms with Crippen molar-refractivity contribution in [1.29, 1.82) is 0 Å². The Kier molecular flexibility index (Phi) is 7.95. The molecule has 1 fully saturated rings. The second-order valence-electron chi connectivity index (χ2n) is 5.02. The van der Waals surface area contributed by atoms with Crippen molar-refractivity contribution in [2.24, 2.45) is 5.73 Å². The normalized spacial score (nSPS) is 16.1. The van der Waals surface area contributed by atoms with E-state index in [0.29, 0.717) is 31.7 Å². The molecule has 2 rings (SSSR count). The molecule has 8 heteroatoms. The van der Waals surface area contributed by atoms with Gasteiger partial charge in [-0.25, -0.2) is 4.98 Å². The molecule has 1 amide bonds. The Hall–Kier alpha value is -1.08. The Balaban J connectivity index is 0.00000200. The van der Waals surface area contributed by atoms with Gasteiger partial charge in [-0.3, -0.25) is 4.79 Å². The second kappa shape index (κ2) is 8.38. The average molecular weight is 337 g/mol. The van der Waals surface area contributed by atoms with Gasteiger partial charge in [-0.1, -0.05) is 0 Å². The van der Waals surface area contributed by atoms with Crippen LogP contribution in [0.15, 0.2) is 18.3 Å². The molecule has 0 bridgehead atoms. The van der Waals surface area contributed by atoms with Crippen molar-refractivity contribution in [3.8, 4) is 0 Å². The predicted molar refractivity (Wildman–Crippen MR) is 88.7 cm³/mol. The number of anilines is 2. The number of ether oxygens (including phenoxy) is 1. The van der Waals surface area contributed by atoms with Crippen molar-refractivity contribution in [3.05, 3.63) is 18.3 Å². The van der Waals surface area contributed by atoms with E-state index in [9.17, 15) is 4.79 Å². The summed E-state index contributed by atoms with van der Waals surface area (Å²) in [6, 6.07) is 3.58. The molecule has 3 N–H and O–H groups in total. The first kappa shape index (κ1) is 19.9. The van der Waals surface area contributed by atoms with Crippen LogP contribution in [0.2, 0.25) is 0 Å². The fourth-order valence-electron chi connectivity index (χ4n) is 1.96. The van der Waals surface area contributed by atoms with Crippen molar-refractivity contribution in [3.63, 3.8) is 0 Å². The lowest BCUT2D eigenvalue weighted by molar-refractivity contribution is -0.124. The van der Waals surface area contributed by atoms with Gasteiger partial charge in [-0.15, -0.1) is 24.8 Å². The van der Waals surface area contributed by atoms with Crippen molar-refractivity contribution in [2.75, 3.05) is 37.5 Å². The number of pyridine rings is 1. The van der Waals surface area contributed by atoms with Crippen LogP contribution in [-0.4, -0.2) is 43.7 Å². The van der Waals surface area contributed by atoms with Crippen LogP contribution >= 0.6 is 24.8 Å². The molecule has 1 aliphatic rings. The highest BCUT2D eigenvalue weighted by atomic mass is 35.5. The predicted octanol–water partition coefficient (Wildman–Crippen LogP) is 1.44. The molecule has 1 aromatic rings. The summed E-state index contributed by atoms with van der Waals surface area (Å²) in [6.07, 6.45) is 2.76. The molecule has 0 aliphatic carbocycles. The van der Waals surface area contributed by atoms with Gasteiger partial charge >= 0.3 is 0 Å². The quantitative estimate of drug-likeness (QED) is 0.872. The minimum absolute atomic E-state index is 0. The number of nitrogens with zero attached hydrogens (tertiary/aromatic N) is 2. The number of amides is 1. The maximum Gasteiger partial charge on any atom is 0.244 e. The number of carbonyl (C=O) groups is 1. The smallest absolute Gasteiger partial charge is 0.244 e. The van der Waals surface area contributed by atoms with Gasteiger partial charge in [0.05, 0.1) is 0 Å². The van der Waals surface area contributed by atoms with E-state index in [1.165, 1.54) is 0 Å². The van der Waals surface area contributed by atoms with E-state index in [1.54, 1.807) is 12.3 Å². The summed E-state index contributed by atoms with van der Waals surface area (Å²) in [7, 11) is 3.80. The summed E-state index contributed by atoms with van der Waals surface area (Å²) in [5.74, 6) is 0.627. The van der Waals surface area contributed by atoms with Gasteiger partial charge in [0.1, 0.15) is 11.4 Å². The summed E-state index contributed by atoms with van der Waals surface area (Å²) in [4.78, 5) is 18.3. The second-order valence-corrected chi connectivity index (χ2v) is 5.02. The topological polar surface area (TPSA) is 80.5 Å². The zero-order chi connectivity index (χ0) is 13.9. The Morgan fingerprint density at radius 1 is 1.38 bits per heavy atom. The summed E-state index contributed by atoms with van der Waals surface area (Å²) in [5.41, 5.74) is 6.01. The van der Waals surface area contributed by atoms with E-state index in [2.05, 4.69) is 10.3 Å². The highest BCUT2D eigenvalue weighted by molar-refractivity contribution is 5.98. The third-order valence-corrected chi connectivity index (χ3v) is 3.30. The first-order chi connectivity index (χ1) is 9.01. The lowest BCUT2D eigenvalue weighted by Gasteiger charge is -2.31. The number of nitrogens with one attached hydrogen (secondary N) is 1. The van der Waals surface area contributed by atoms with Crippen LogP contribution in [-0.2, 0) is 9.53 Å². The van der Waals surface area contributed by atoms with Crippen molar-refractivity contribution in [2.45, 2.75) is 18.4 Å². The summed E-state index contributed by atoms with van der Waals surface area (Å²) in [5, 5.41) is 2.86. The number of hydrogen-bond acceptors (Lipinski definition) is 5. The number of hydrogen-bond donors (Lipinski definition) is 2. The maximum atomic E-state index is 12.2.